The second-order valence-electron chi connectivity index (χ2n) is 8.45. The first kappa shape index (κ1) is 20.9. The molecule has 5 nitrogen and oxygen atoms in total. The normalized spacial score (nSPS) is 29.7. The molecule has 3 unspecified atom stereocenters. The van der Waals surface area contributed by atoms with Gasteiger partial charge in [0.25, 0.3) is 0 Å². The lowest BCUT2D eigenvalue weighted by atomic mass is 10.1. The van der Waals surface area contributed by atoms with Crippen molar-refractivity contribution in [3.8, 4) is 0 Å². The Kier molecular flexibility index (Phi) is 6.34. The monoisotopic (exact) mass is 413 g/mol. The molecular weight excluding hydrogens is 383 g/mol. The van der Waals surface area contributed by atoms with Crippen molar-refractivity contribution < 1.29 is 23.0 Å². The molecule has 2 N–H and O–H groups in total. The number of nitrogens with zero attached hydrogens (tertiary/aromatic N) is 2. The summed E-state index contributed by atoms with van der Waals surface area (Å²) in [4.78, 5) is 4.22. The molecule has 1 aromatic rings. The fourth-order valence-electron chi connectivity index (χ4n) is 4.71. The van der Waals surface area contributed by atoms with E-state index in [2.05, 4.69) is 10.2 Å². The molecule has 2 heterocycles. The average molecular weight is 413 g/mol. The number of aliphatic hydroxyl groups is 1. The number of benzene rings is 1. The molecule has 0 spiro atoms. The van der Waals surface area contributed by atoms with E-state index in [0.717, 1.165) is 19.2 Å². The zero-order valence-electron chi connectivity index (χ0n) is 16.6. The van der Waals surface area contributed by atoms with Crippen LogP contribution in [0, 0.1) is 0 Å². The third kappa shape index (κ3) is 5.05. The Morgan fingerprint density at radius 1 is 1.10 bits per heavy atom. The van der Waals surface area contributed by atoms with E-state index >= 15 is 0 Å². The predicted octanol–water partition coefficient (Wildman–Crippen LogP) is 2.49. The maximum absolute atomic E-state index is 13.0. The van der Waals surface area contributed by atoms with Crippen LogP contribution in [0.15, 0.2) is 24.3 Å². The molecule has 0 aromatic heterocycles. The van der Waals surface area contributed by atoms with E-state index in [9.17, 15) is 18.3 Å². The summed E-state index contributed by atoms with van der Waals surface area (Å²) in [7, 11) is 0. The Hall–Kier alpha value is -1.35. The van der Waals surface area contributed by atoms with Crippen LogP contribution in [0.4, 0.5) is 18.9 Å². The van der Waals surface area contributed by atoms with E-state index in [-0.39, 0.29) is 12.1 Å². The van der Waals surface area contributed by atoms with Gasteiger partial charge >= 0.3 is 6.18 Å². The van der Waals surface area contributed by atoms with Crippen LogP contribution in [0.2, 0.25) is 0 Å². The molecule has 1 aliphatic carbocycles. The van der Waals surface area contributed by atoms with Crippen molar-refractivity contribution in [3.63, 3.8) is 0 Å². The van der Waals surface area contributed by atoms with E-state index in [1.165, 1.54) is 37.8 Å². The van der Waals surface area contributed by atoms with Crippen LogP contribution < -0.4 is 10.2 Å². The number of aliphatic hydroxyl groups excluding tert-OH is 1. The molecule has 2 saturated heterocycles. The number of rotatable bonds is 5. The van der Waals surface area contributed by atoms with E-state index in [1.807, 2.05) is 4.90 Å². The summed E-state index contributed by atoms with van der Waals surface area (Å²) < 4.78 is 44.7. The molecule has 162 valence electrons. The van der Waals surface area contributed by atoms with E-state index in [1.54, 1.807) is 6.07 Å². The lowest BCUT2D eigenvalue weighted by Gasteiger charge is -2.37. The maximum Gasteiger partial charge on any atom is 0.416 e. The van der Waals surface area contributed by atoms with Gasteiger partial charge in [-0.25, -0.2) is 0 Å². The number of anilines is 1. The van der Waals surface area contributed by atoms with Gasteiger partial charge in [-0.1, -0.05) is 18.9 Å². The average Bonchev–Trinajstić information content (AvgIpc) is 3.34. The van der Waals surface area contributed by atoms with Crippen molar-refractivity contribution in [3.05, 3.63) is 29.8 Å². The van der Waals surface area contributed by atoms with Gasteiger partial charge in [0.2, 0.25) is 0 Å². The lowest BCUT2D eigenvalue weighted by Crippen LogP contribution is -2.51. The minimum Gasteiger partial charge on any atom is -0.389 e. The van der Waals surface area contributed by atoms with E-state index in [0.29, 0.717) is 38.0 Å². The largest absolute Gasteiger partial charge is 0.416 e. The molecule has 3 fully saturated rings. The Balaban J connectivity index is 1.26. The SMILES string of the molecule is OC1C(NC2CCCC2)COC1CN1CCN(c2cccc(C(F)(F)F)c2)CC1. The summed E-state index contributed by atoms with van der Waals surface area (Å²) in [5.74, 6) is 0. The van der Waals surface area contributed by atoms with Crippen molar-refractivity contribution in [2.75, 3.05) is 44.2 Å². The highest BCUT2D eigenvalue weighted by atomic mass is 19.4. The second kappa shape index (κ2) is 8.79. The zero-order valence-corrected chi connectivity index (χ0v) is 16.6. The smallest absolute Gasteiger partial charge is 0.389 e. The number of halogens is 3. The number of hydrogen-bond donors (Lipinski definition) is 2. The van der Waals surface area contributed by atoms with E-state index in [4.69, 9.17) is 4.74 Å². The lowest BCUT2D eigenvalue weighted by molar-refractivity contribution is -0.137. The van der Waals surface area contributed by atoms with Gasteiger partial charge in [-0.2, -0.15) is 13.2 Å². The van der Waals surface area contributed by atoms with Crippen molar-refractivity contribution in [1.82, 2.24) is 10.2 Å². The van der Waals surface area contributed by atoms with E-state index < -0.39 is 17.8 Å². The molecule has 0 radical (unpaired) electrons. The molecule has 4 rings (SSSR count). The number of alkyl halides is 3. The Bertz CT molecular complexity index is 673. The maximum atomic E-state index is 13.0. The highest BCUT2D eigenvalue weighted by Gasteiger charge is 2.38. The minimum absolute atomic E-state index is 0.00510. The summed E-state index contributed by atoms with van der Waals surface area (Å²) >= 11 is 0. The topological polar surface area (TPSA) is 48.0 Å². The van der Waals surface area contributed by atoms with Gasteiger partial charge in [-0.15, -0.1) is 0 Å². The zero-order chi connectivity index (χ0) is 20.4. The first-order chi connectivity index (χ1) is 13.9. The quantitative estimate of drug-likeness (QED) is 0.777. The molecule has 3 aliphatic rings. The molecule has 0 bridgehead atoms. The summed E-state index contributed by atoms with van der Waals surface area (Å²) in [6, 6.07) is 6.01. The van der Waals surface area contributed by atoms with Crippen LogP contribution in [-0.2, 0) is 10.9 Å². The fraction of sp³-hybridized carbons (Fsp3) is 0.714. The third-order valence-corrected chi connectivity index (χ3v) is 6.44. The molecule has 29 heavy (non-hydrogen) atoms. The summed E-state index contributed by atoms with van der Waals surface area (Å²) in [6.45, 7) is 3.99. The van der Waals surface area contributed by atoms with Gasteiger partial charge in [0.1, 0.15) is 0 Å². The summed E-state index contributed by atoms with van der Waals surface area (Å²) in [5, 5.41) is 14.2. The second-order valence-corrected chi connectivity index (χ2v) is 8.45. The molecule has 0 amide bonds. The summed E-state index contributed by atoms with van der Waals surface area (Å²) in [5.41, 5.74) is -0.00170. The van der Waals surface area contributed by atoms with Gasteiger partial charge in [-0.05, 0) is 31.0 Å². The highest BCUT2D eigenvalue weighted by molar-refractivity contribution is 5.49. The first-order valence-electron chi connectivity index (χ1n) is 10.6. The summed E-state index contributed by atoms with van der Waals surface area (Å²) in [6.07, 6.45) is -0.207. The molecular formula is C21H30F3N3O2. The van der Waals surface area contributed by atoms with Crippen LogP contribution in [-0.4, -0.2) is 73.6 Å². The van der Waals surface area contributed by atoms with Crippen LogP contribution in [0.1, 0.15) is 31.2 Å². The van der Waals surface area contributed by atoms with Gasteiger partial charge < -0.3 is 20.1 Å². The van der Waals surface area contributed by atoms with Gasteiger partial charge in [-0.3, -0.25) is 4.90 Å². The Morgan fingerprint density at radius 3 is 2.52 bits per heavy atom. The van der Waals surface area contributed by atoms with Crippen LogP contribution in [0.5, 0.6) is 0 Å². The van der Waals surface area contributed by atoms with Crippen molar-refractivity contribution >= 4 is 5.69 Å². The van der Waals surface area contributed by atoms with Gasteiger partial charge in [0, 0.05) is 44.5 Å². The number of hydrogen-bond acceptors (Lipinski definition) is 5. The molecule has 2 aliphatic heterocycles. The number of nitrogens with one attached hydrogen (secondary N) is 1. The van der Waals surface area contributed by atoms with Crippen molar-refractivity contribution in [1.29, 1.82) is 0 Å². The van der Waals surface area contributed by atoms with Crippen LogP contribution in [0.25, 0.3) is 0 Å². The standard InChI is InChI=1S/C21H30F3N3O2/c22-21(23,24)15-4-3-7-17(12-15)27-10-8-26(9-11-27)13-19-20(28)18(14-29-19)25-16-5-1-2-6-16/h3-4,7,12,16,18-20,25,28H,1-2,5-6,8-11,13-14H2. The molecule has 3 atom stereocenters. The van der Waals surface area contributed by atoms with Gasteiger partial charge in [0.05, 0.1) is 30.4 Å². The molecule has 1 saturated carbocycles. The predicted molar refractivity (Wildman–Crippen MR) is 105 cm³/mol. The minimum atomic E-state index is -4.32. The number of ether oxygens (including phenoxy) is 1. The van der Waals surface area contributed by atoms with Crippen LogP contribution >= 0.6 is 0 Å². The van der Waals surface area contributed by atoms with Gasteiger partial charge in [0.15, 0.2) is 0 Å². The Morgan fingerprint density at radius 2 is 1.83 bits per heavy atom. The van der Waals surface area contributed by atoms with Crippen molar-refractivity contribution in [2.24, 2.45) is 0 Å². The molecule has 1 aromatic carbocycles. The number of piperazine rings is 1. The van der Waals surface area contributed by atoms with Crippen LogP contribution in [0.3, 0.4) is 0 Å². The Labute approximate surface area is 169 Å². The fourth-order valence-corrected chi connectivity index (χ4v) is 4.71. The highest BCUT2D eigenvalue weighted by Crippen LogP contribution is 2.32. The van der Waals surface area contributed by atoms with Crippen molar-refractivity contribution in [2.45, 2.75) is 56.2 Å². The first-order valence-corrected chi connectivity index (χ1v) is 10.6. The third-order valence-electron chi connectivity index (χ3n) is 6.44. The molecule has 8 heteroatoms.